The van der Waals surface area contributed by atoms with Crippen molar-refractivity contribution in [1.82, 2.24) is 5.01 Å². The van der Waals surface area contributed by atoms with Crippen molar-refractivity contribution in [3.63, 3.8) is 0 Å². The van der Waals surface area contributed by atoms with Crippen molar-refractivity contribution in [1.29, 1.82) is 0 Å². The van der Waals surface area contributed by atoms with Crippen LogP contribution in [0.1, 0.15) is 33.1 Å². The van der Waals surface area contributed by atoms with Gasteiger partial charge >= 0.3 is 12.1 Å². The largest absolute Gasteiger partial charge is 0.478 e. The van der Waals surface area contributed by atoms with Gasteiger partial charge in [-0.2, -0.15) is 10.1 Å². The molecule has 17 heavy (non-hydrogen) atoms. The zero-order valence-electron chi connectivity index (χ0n) is 10.1. The Hall–Kier alpha value is -1.85. The van der Waals surface area contributed by atoms with Crippen molar-refractivity contribution in [3.05, 3.63) is 12.2 Å². The molecule has 0 aromatic heterocycles. The van der Waals surface area contributed by atoms with E-state index >= 15 is 0 Å². The summed E-state index contributed by atoms with van der Waals surface area (Å²) < 4.78 is 0. The maximum atomic E-state index is 10.8. The van der Waals surface area contributed by atoms with Crippen LogP contribution in [0.4, 0.5) is 4.79 Å². The van der Waals surface area contributed by atoms with Gasteiger partial charge < -0.3 is 10.2 Å². The Labute approximate surface area is 100 Å². The quantitative estimate of drug-likeness (QED) is 0.406. The van der Waals surface area contributed by atoms with E-state index in [-0.39, 0.29) is 18.5 Å². The predicted octanol–water partition coefficient (Wildman–Crippen LogP) is 2.17. The van der Waals surface area contributed by atoms with E-state index in [9.17, 15) is 9.59 Å². The highest BCUT2D eigenvalue weighted by molar-refractivity contribution is 5.85. The lowest BCUT2D eigenvalue weighted by Crippen LogP contribution is -2.26. The van der Waals surface area contributed by atoms with Crippen molar-refractivity contribution in [2.75, 3.05) is 6.54 Å². The van der Waals surface area contributed by atoms with Crippen molar-refractivity contribution in [3.8, 4) is 0 Å². The number of hydrogen-bond donors (Lipinski definition) is 2. The SMILES string of the molecule is C=C(CCCN(N=C(C)CC)C(=O)O)C(=O)O. The number of nitrogens with zero attached hydrogens (tertiary/aromatic N) is 2. The fourth-order valence-corrected chi connectivity index (χ4v) is 1.01. The topological polar surface area (TPSA) is 90.2 Å². The summed E-state index contributed by atoms with van der Waals surface area (Å²) in [5.74, 6) is -1.06. The molecular formula is C11H18N2O4. The first-order valence-electron chi connectivity index (χ1n) is 5.34. The van der Waals surface area contributed by atoms with Gasteiger partial charge in [-0.05, 0) is 26.2 Å². The van der Waals surface area contributed by atoms with Gasteiger partial charge in [0.1, 0.15) is 0 Å². The maximum Gasteiger partial charge on any atom is 0.427 e. The second-order valence-electron chi connectivity index (χ2n) is 3.61. The highest BCUT2D eigenvalue weighted by Gasteiger charge is 2.11. The Kier molecular flexibility index (Phi) is 6.62. The van der Waals surface area contributed by atoms with Crippen LogP contribution in [-0.2, 0) is 4.79 Å². The van der Waals surface area contributed by atoms with Crippen molar-refractivity contribution < 1.29 is 19.8 Å². The average molecular weight is 242 g/mol. The maximum absolute atomic E-state index is 10.8. The smallest absolute Gasteiger partial charge is 0.427 e. The van der Waals surface area contributed by atoms with E-state index in [4.69, 9.17) is 10.2 Å². The van der Waals surface area contributed by atoms with Crippen molar-refractivity contribution >= 4 is 17.8 Å². The summed E-state index contributed by atoms with van der Waals surface area (Å²) in [6, 6.07) is 0. The Morgan fingerprint density at radius 2 is 1.94 bits per heavy atom. The van der Waals surface area contributed by atoms with Gasteiger partial charge in [-0.25, -0.2) is 9.59 Å². The molecule has 6 nitrogen and oxygen atoms in total. The number of carbonyl (C=O) groups is 2. The Morgan fingerprint density at radius 1 is 1.35 bits per heavy atom. The molecule has 0 radical (unpaired) electrons. The highest BCUT2D eigenvalue weighted by atomic mass is 16.4. The third-order valence-electron chi connectivity index (χ3n) is 2.17. The van der Waals surface area contributed by atoms with E-state index in [0.717, 1.165) is 5.01 Å². The molecule has 0 saturated heterocycles. The number of carboxylic acid groups (broad SMARTS) is 2. The predicted molar refractivity (Wildman–Crippen MR) is 64.1 cm³/mol. The molecule has 0 rings (SSSR count). The Morgan fingerprint density at radius 3 is 2.35 bits per heavy atom. The molecule has 0 aliphatic rings. The fraction of sp³-hybridized carbons (Fsp3) is 0.545. The molecule has 0 spiro atoms. The minimum absolute atomic E-state index is 0.0755. The van der Waals surface area contributed by atoms with Gasteiger partial charge in [0.25, 0.3) is 0 Å². The van der Waals surface area contributed by atoms with Crippen molar-refractivity contribution in [2.24, 2.45) is 5.10 Å². The summed E-state index contributed by atoms with van der Waals surface area (Å²) >= 11 is 0. The fourth-order valence-electron chi connectivity index (χ4n) is 1.01. The van der Waals surface area contributed by atoms with E-state index in [2.05, 4.69) is 11.7 Å². The van der Waals surface area contributed by atoms with E-state index < -0.39 is 12.1 Å². The molecule has 0 saturated carbocycles. The van der Waals surface area contributed by atoms with Gasteiger partial charge in [-0.3, -0.25) is 0 Å². The number of hydrogen-bond acceptors (Lipinski definition) is 3. The molecular weight excluding hydrogens is 224 g/mol. The zero-order chi connectivity index (χ0) is 13.4. The molecule has 6 heteroatoms. The normalized spacial score (nSPS) is 11.1. The number of carboxylic acids is 1. The molecule has 0 aliphatic carbocycles. The van der Waals surface area contributed by atoms with Crippen LogP contribution in [0.2, 0.25) is 0 Å². The lowest BCUT2D eigenvalue weighted by Gasteiger charge is -2.14. The molecule has 0 heterocycles. The molecule has 0 aliphatic heterocycles. The van der Waals surface area contributed by atoms with E-state index in [0.29, 0.717) is 18.6 Å². The lowest BCUT2D eigenvalue weighted by atomic mass is 10.2. The molecule has 1 amide bonds. The first-order chi connectivity index (χ1) is 7.88. The summed E-state index contributed by atoms with van der Waals surface area (Å²) in [6.07, 6.45) is 0.169. The van der Waals surface area contributed by atoms with E-state index in [1.54, 1.807) is 6.92 Å². The number of amides is 1. The number of rotatable bonds is 7. The molecule has 0 unspecified atom stereocenters. The number of hydrazone groups is 1. The van der Waals surface area contributed by atoms with E-state index in [1.807, 2.05) is 6.92 Å². The van der Waals surface area contributed by atoms with Gasteiger partial charge in [-0.1, -0.05) is 13.5 Å². The summed E-state index contributed by atoms with van der Waals surface area (Å²) in [4.78, 5) is 21.3. The van der Waals surface area contributed by atoms with Crippen LogP contribution in [0.3, 0.4) is 0 Å². The standard InChI is InChI=1S/C11H18N2O4/c1-4-9(3)12-13(11(16)17)7-5-6-8(2)10(14)15/h2,4-7H2,1,3H3,(H,14,15)(H,16,17). The van der Waals surface area contributed by atoms with Crippen molar-refractivity contribution in [2.45, 2.75) is 33.1 Å². The third-order valence-corrected chi connectivity index (χ3v) is 2.17. The van der Waals surface area contributed by atoms with Gasteiger partial charge in [0, 0.05) is 17.8 Å². The molecule has 96 valence electrons. The monoisotopic (exact) mass is 242 g/mol. The Bertz CT molecular complexity index is 336. The first-order valence-corrected chi connectivity index (χ1v) is 5.34. The molecule has 2 N–H and O–H groups in total. The van der Waals surface area contributed by atoms with Crippen LogP contribution in [-0.4, -0.2) is 39.5 Å². The Balaban J connectivity index is 4.25. The van der Waals surface area contributed by atoms with Crippen LogP contribution in [0, 0.1) is 0 Å². The van der Waals surface area contributed by atoms with Crippen LogP contribution in [0.5, 0.6) is 0 Å². The summed E-state index contributed by atoms with van der Waals surface area (Å²) in [7, 11) is 0. The first kappa shape index (κ1) is 15.2. The van der Waals surface area contributed by atoms with Crippen LogP contribution in [0.25, 0.3) is 0 Å². The van der Waals surface area contributed by atoms with Gasteiger partial charge in [-0.15, -0.1) is 0 Å². The second kappa shape index (κ2) is 7.43. The van der Waals surface area contributed by atoms with Gasteiger partial charge in [0.15, 0.2) is 0 Å². The summed E-state index contributed by atoms with van der Waals surface area (Å²) in [5.41, 5.74) is 0.788. The van der Waals surface area contributed by atoms with Gasteiger partial charge in [0.05, 0.1) is 0 Å². The highest BCUT2D eigenvalue weighted by Crippen LogP contribution is 2.05. The minimum atomic E-state index is -1.14. The van der Waals surface area contributed by atoms with Crippen LogP contribution >= 0.6 is 0 Å². The summed E-state index contributed by atoms with van der Waals surface area (Å²) in [6.45, 7) is 7.16. The molecule has 0 atom stereocenters. The second-order valence-corrected chi connectivity index (χ2v) is 3.61. The van der Waals surface area contributed by atoms with Crippen LogP contribution in [0.15, 0.2) is 17.3 Å². The molecule has 0 bridgehead atoms. The minimum Gasteiger partial charge on any atom is -0.478 e. The van der Waals surface area contributed by atoms with Gasteiger partial charge in [0.2, 0.25) is 0 Å². The summed E-state index contributed by atoms with van der Waals surface area (Å²) in [5, 5.41) is 22.3. The zero-order valence-corrected chi connectivity index (χ0v) is 10.1. The van der Waals surface area contributed by atoms with E-state index in [1.165, 1.54) is 0 Å². The van der Waals surface area contributed by atoms with Crippen LogP contribution < -0.4 is 0 Å². The molecule has 0 aromatic carbocycles. The molecule has 0 aromatic rings. The molecule has 0 fully saturated rings. The lowest BCUT2D eigenvalue weighted by molar-refractivity contribution is -0.132. The number of aliphatic carboxylic acids is 1. The third kappa shape index (κ3) is 6.34. The average Bonchev–Trinajstić information content (AvgIpc) is 2.26.